The molecule has 1 aliphatic carbocycles. The molecule has 3 aliphatic rings. The van der Waals surface area contributed by atoms with Crippen LogP contribution in [0, 0.1) is 11.8 Å². The number of nitrogens with two attached hydrogens (primary N) is 1. The number of urea groups is 1. The molecular weight excluding hydrogens is 610 g/mol. The van der Waals surface area contributed by atoms with Crippen LogP contribution in [0.2, 0.25) is 0 Å². The van der Waals surface area contributed by atoms with Crippen molar-refractivity contribution in [2.75, 3.05) is 54.8 Å². The molecule has 1 atom stereocenters. The Morgan fingerprint density at radius 3 is 2.46 bits per heavy atom. The van der Waals surface area contributed by atoms with Gasteiger partial charge >= 0.3 is 6.03 Å². The van der Waals surface area contributed by atoms with Gasteiger partial charge in [-0.3, -0.25) is 14.4 Å². The van der Waals surface area contributed by atoms with Crippen LogP contribution < -0.4 is 31.9 Å². The van der Waals surface area contributed by atoms with Crippen LogP contribution in [0.1, 0.15) is 71.2 Å². The van der Waals surface area contributed by atoms with E-state index in [-0.39, 0.29) is 20.4 Å². The minimum atomic E-state index is -0.771. The van der Waals surface area contributed by atoms with Gasteiger partial charge in [-0.25, -0.2) is 4.79 Å². The number of fused-ring (bicyclic) bond motifs is 1. The highest BCUT2D eigenvalue weighted by atomic mass is 16.3. The van der Waals surface area contributed by atoms with Crippen LogP contribution in [0.4, 0.5) is 21.9 Å². The number of rotatable bonds is 9. The van der Waals surface area contributed by atoms with Crippen LogP contribution in [0.3, 0.4) is 0 Å². The molecule has 6 N–H and O–H groups in total. The Bertz CT molecular complexity index is 1590. The Kier molecular flexibility index (Phi) is 10.8. The van der Waals surface area contributed by atoms with Crippen molar-refractivity contribution in [3.63, 3.8) is 0 Å². The standard InChI is InChI=1S/C36H47N7O5.2H2/c37-33(44)29(21-24-7-2-1-3-8-24)41-36(47)39-27-11-12-30(28(23-27)40-34(45)32-22-26-9-4-5-10-31(26)48-32)42-17-6-18-43(20-19-42)35(46)25-13-15-38-16-14-25;;/h4-5,9-12,22-25,29,38H,1-3,6-8,13-21H2,(H2,37,44)(H,40,45)(H2,39,41,47);2*1H. The van der Waals surface area contributed by atoms with Crippen LogP contribution in [-0.2, 0) is 9.59 Å². The lowest BCUT2D eigenvalue weighted by Crippen LogP contribution is -2.47. The Morgan fingerprint density at radius 2 is 1.69 bits per heavy atom. The van der Waals surface area contributed by atoms with Gasteiger partial charge in [-0.05, 0) is 75.0 Å². The summed E-state index contributed by atoms with van der Waals surface area (Å²) >= 11 is 0. The smallest absolute Gasteiger partial charge is 0.319 e. The van der Waals surface area contributed by atoms with Crippen molar-refractivity contribution in [3.05, 3.63) is 54.3 Å². The molecule has 12 nitrogen and oxygen atoms in total. The summed E-state index contributed by atoms with van der Waals surface area (Å²) in [5, 5.41) is 12.8. The average molecular weight is 662 g/mol. The van der Waals surface area contributed by atoms with E-state index in [4.69, 9.17) is 10.2 Å². The number of para-hydroxylation sites is 1. The first kappa shape index (κ1) is 33.3. The maximum absolute atomic E-state index is 13.5. The van der Waals surface area contributed by atoms with Crippen molar-refractivity contribution >= 4 is 51.8 Å². The predicted octanol–water partition coefficient (Wildman–Crippen LogP) is 5.16. The molecule has 1 aromatic heterocycles. The second-order valence-corrected chi connectivity index (χ2v) is 13.3. The normalized spacial score (nSPS) is 18.6. The highest BCUT2D eigenvalue weighted by molar-refractivity contribution is 6.07. The van der Waals surface area contributed by atoms with Gasteiger partial charge in [-0.1, -0.05) is 50.3 Å². The van der Waals surface area contributed by atoms with E-state index in [2.05, 4.69) is 26.2 Å². The number of furan rings is 1. The molecular formula is C36H51N7O5. The molecule has 260 valence electrons. The number of benzene rings is 2. The molecule has 0 radical (unpaired) electrons. The molecule has 3 aromatic rings. The third kappa shape index (κ3) is 8.28. The molecule has 3 heterocycles. The molecule has 1 saturated carbocycles. The SMILES string of the molecule is NC(=O)C(CC1CCCCC1)NC(=O)Nc1ccc(N2CCCN(C(=O)C3CCNCC3)CC2)c(NC(=O)c2cc3ccccc3o2)c1.[HH].[HH]. The minimum Gasteiger partial charge on any atom is -0.451 e. The summed E-state index contributed by atoms with van der Waals surface area (Å²) in [6.07, 6.45) is 8.54. The van der Waals surface area contributed by atoms with Crippen molar-refractivity contribution in [3.8, 4) is 0 Å². The van der Waals surface area contributed by atoms with Crippen molar-refractivity contribution in [1.29, 1.82) is 0 Å². The lowest BCUT2D eigenvalue weighted by atomic mass is 9.84. The van der Waals surface area contributed by atoms with Gasteiger partial charge in [0.25, 0.3) is 5.91 Å². The summed E-state index contributed by atoms with van der Waals surface area (Å²) < 4.78 is 5.83. The quantitative estimate of drug-likeness (QED) is 0.212. The number of carbonyl (C=O) groups is 4. The zero-order chi connectivity index (χ0) is 33.5. The van der Waals surface area contributed by atoms with E-state index in [9.17, 15) is 19.2 Å². The second kappa shape index (κ2) is 15.5. The zero-order valence-electron chi connectivity index (χ0n) is 27.5. The molecule has 2 saturated heterocycles. The molecule has 12 heteroatoms. The lowest BCUT2D eigenvalue weighted by molar-refractivity contribution is -0.136. The largest absolute Gasteiger partial charge is 0.451 e. The number of amides is 5. The summed E-state index contributed by atoms with van der Waals surface area (Å²) in [5.41, 5.74) is 7.98. The maximum atomic E-state index is 13.5. The molecule has 5 amide bonds. The predicted molar refractivity (Wildman–Crippen MR) is 190 cm³/mol. The number of anilines is 3. The fourth-order valence-electron chi connectivity index (χ4n) is 7.30. The van der Waals surface area contributed by atoms with Gasteiger partial charge in [0.1, 0.15) is 11.6 Å². The first-order valence-electron chi connectivity index (χ1n) is 17.4. The van der Waals surface area contributed by atoms with Gasteiger partial charge in [0.05, 0.1) is 11.4 Å². The van der Waals surface area contributed by atoms with Gasteiger partial charge in [0.15, 0.2) is 5.76 Å². The van der Waals surface area contributed by atoms with E-state index >= 15 is 0 Å². The molecule has 6 rings (SSSR count). The number of carbonyl (C=O) groups excluding carboxylic acids is 4. The number of nitrogens with one attached hydrogen (secondary N) is 4. The zero-order valence-corrected chi connectivity index (χ0v) is 27.5. The van der Waals surface area contributed by atoms with Gasteiger partial charge in [-0.2, -0.15) is 0 Å². The Hall–Kier alpha value is -4.58. The van der Waals surface area contributed by atoms with Gasteiger partial charge in [-0.15, -0.1) is 0 Å². The van der Waals surface area contributed by atoms with E-state index in [0.717, 1.165) is 69.1 Å². The summed E-state index contributed by atoms with van der Waals surface area (Å²) in [7, 11) is 0. The monoisotopic (exact) mass is 661 g/mol. The number of piperidine rings is 1. The molecule has 2 aromatic carbocycles. The number of hydrogen-bond acceptors (Lipinski definition) is 7. The molecule has 3 fully saturated rings. The van der Waals surface area contributed by atoms with Crippen LogP contribution in [-0.4, -0.2) is 74.0 Å². The number of primary amides is 1. The molecule has 0 bridgehead atoms. The van der Waals surface area contributed by atoms with E-state index in [1.807, 2.05) is 35.2 Å². The molecule has 2 aliphatic heterocycles. The van der Waals surface area contributed by atoms with Gasteiger partial charge < -0.3 is 41.2 Å². The lowest BCUT2D eigenvalue weighted by Gasteiger charge is -2.29. The van der Waals surface area contributed by atoms with Crippen molar-refractivity contribution in [1.82, 2.24) is 15.5 Å². The maximum Gasteiger partial charge on any atom is 0.319 e. The highest BCUT2D eigenvalue weighted by Gasteiger charge is 2.29. The van der Waals surface area contributed by atoms with E-state index in [0.29, 0.717) is 55.5 Å². The Labute approximate surface area is 284 Å². The second-order valence-electron chi connectivity index (χ2n) is 13.3. The van der Waals surface area contributed by atoms with Crippen LogP contribution in [0.25, 0.3) is 11.0 Å². The summed E-state index contributed by atoms with van der Waals surface area (Å²) in [4.78, 5) is 56.3. The third-order valence-corrected chi connectivity index (χ3v) is 9.93. The Morgan fingerprint density at radius 1 is 0.896 bits per heavy atom. The number of hydrogen-bond donors (Lipinski definition) is 5. The van der Waals surface area contributed by atoms with Crippen LogP contribution >= 0.6 is 0 Å². The van der Waals surface area contributed by atoms with Crippen molar-refractivity contribution in [2.45, 2.75) is 63.8 Å². The molecule has 0 spiro atoms. The fraction of sp³-hybridized carbons (Fsp3) is 0.500. The third-order valence-electron chi connectivity index (χ3n) is 9.93. The average Bonchev–Trinajstić information content (AvgIpc) is 3.39. The van der Waals surface area contributed by atoms with Crippen LogP contribution in [0.15, 0.2) is 52.9 Å². The fourth-order valence-corrected chi connectivity index (χ4v) is 7.30. The van der Waals surface area contributed by atoms with E-state index in [1.54, 1.807) is 18.2 Å². The molecule has 48 heavy (non-hydrogen) atoms. The summed E-state index contributed by atoms with van der Waals surface area (Å²) in [6.45, 7) is 4.29. The summed E-state index contributed by atoms with van der Waals surface area (Å²) in [5.74, 6) is -0.174. The topological polar surface area (TPSA) is 162 Å². The van der Waals surface area contributed by atoms with E-state index in [1.165, 1.54) is 6.42 Å². The first-order valence-corrected chi connectivity index (χ1v) is 17.4. The Balaban J connectivity index is 0.00000281. The van der Waals surface area contributed by atoms with Crippen molar-refractivity contribution < 1.29 is 26.4 Å². The van der Waals surface area contributed by atoms with Crippen LogP contribution in [0.5, 0.6) is 0 Å². The highest BCUT2D eigenvalue weighted by Crippen LogP contribution is 2.32. The van der Waals surface area contributed by atoms with E-state index < -0.39 is 23.9 Å². The van der Waals surface area contributed by atoms with Gasteiger partial charge in [0, 0.05) is 46.0 Å². The first-order chi connectivity index (χ1) is 23.3. The minimum absolute atomic E-state index is 0. The van der Waals surface area contributed by atoms with Crippen molar-refractivity contribution in [2.24, 2.45) is 17.6 Å². The summed E-state index contributed by atoms with van der Waals surface area (Å²) in [6, 6.07) is 13.2. The van der Waals surface area contributed by atoms with Gasteiger partial charge in [0.2, 0.25) is 11.8 Å². The number of nitrogens with zero attached hydrogens (tertiary/aromatic N) is 2. The molecule has 1 unspecified atom stereocenters.